The summed E-state index contributed by atoms with van der Waals surface area (Å²) in [6, 6.07) is 10.9. The fourth-order valence-electron chi connectivity index (χ4n) is 2.23. The van der Waals surface area contributed by atoms with Gasteiger partial charge in [-0.2, -0.15) is 0 Å². The maximum Gasteiger partial charge on any atom is 0.137 e. The second-order valence-corrected chi connectivity index (χ2v) is 4.49. The third-order valence-electron chi connectivity index (χ3n) is 3.33. The van der Waals surface area contributed by atoms with E-state index in [9.17, 15) is 0 Å². The molecule has 19 heavy (non-hydrogen) atoms. The number of rotatable bonds is 5. The molecule has 1 N–H and O–H groups in total. The van der Waals surface area contributed by atoms with Gasteiger partial charge in [0.15, 0.2) is 0 Å². The van der Waals surface area contributed by atoms with Gasteiger partial charge >= 0.3 is 0 Å². The minimum Gasteiger partial charge on any atom is -0.495 e. The van der Waals surface area contributed by atoms with Gasteiger partial charge in [-0.25, -0.2) is 0 Å². The Kier molecular flexibility index (Phi) is 4.53. The first-order valence-corrected chi connectivity index (χ1v) is 6.55. The predicted molar refractivity (Wildman–Crippen MR) is 78.3 cm³/mol. The van der Waals surface area contributed by atoms with Gasteiger partial charge in [0.05, 0.1) is 13.3 Å². The van der Waals surface area contributed by atoms with Gasteiger partial charge in [-0.05, 0) is 36.7 Å². The van der Waals surface area contributed by atoms with Crippen molar-refractivity contribution in [3.05, 3.63) is 48.3 Å². The number of nitrogens with zero attached hydrogens (tertiary/aromatic N) is 1. The normalized spacial score (nSPS) is 12.2. The Morgan fingerprint density at radius 1 is 1.21 bits per heavy atom. The maximum absolute atomic E-state index is 5.22. The average molecular weight is 256 g/mol. The average Bonchev–Trinajstić information content (AvgIpc) is 2.49. The summed E-state index contributed by atoms with van der Waals surface area (Å²) < 4.78 is 5.22. The second-order valence-electron chi connectivity index (χ2n) is 4.49. The predicted octanol–water partition coefficient (Wildman–Crippen LogP) is 3.43. The van der Waals surface area contributed by atoms with Crippen molar-refractivity contribution < 1.29 is 4.74 Å². The monoisotopic (exact) mass is 256 g/mol. The van der Waals surface area contributed by atoms with Gasteiger partial charge in [-0.15, -0.1) is 0 Å². The summed E-state index contributed by atoms with van der Waals surface area (Å²) in [5.41, 5.74) is 3.54. The molecule has 2 aromatic rings. The molecule has 0 fully saturated rings. The lowest BCUT2D eigenvalue weighted by atomic mass is 9.99. The highest BCUT2D eigenvalue weighted by Crippen LogP contribution is 2.26. The highest BCUT2D eigenvalue weighted by Gasteiger charge is 2.08. The summed E-state index contributed by atoms with van der Waals surface area (Å²) in [4.78, 5) is 4.21. The van der Waals surface area contributed by atoms with Gasteiger partial charge in [-0.3, -0.25) is 4.98 Å². The number of hydrogen-bond acceptors (Lipinski definition) is 3. The number of benzene rings is 1. The highest BCUT2D eigenvalue weighted by molar-refractivity contribution is 5.64. The van der Waals surface area contributed by atoms with Crippen molar-refractivity contribution in [3.63, 3.8) is 0 Å². The Morgan fingerprint density at radius 2 is 2.05 bits per heavy atom. The Balaban J connectivity index is 2.37. The van der Waals surface area contributed by atoms with Gasteiger partial charge in [-0.1, -0.05) is 25.1 Å². The highest BCUT2D eigenvalue weighted by atomic mass is 16.5. The van der Waals surface area contributed by atoms with Crippen LogP contribution in [0, 0.1) is 0 Å². The van der Waals surface area contributed by atoms with Crippen LogP contribution < -0.4 is 10.1 Å². The molecule has 1 unspecified atom stereocenters. The fourth-order valence-corrected chi connectivity index (χ4v) is 2.23. The van der Waals surface area contributed by atoms with Gasteiger partial charge in [0.1, 0.15) is 5.75 Å². The topological polar surface area (TPSA) is 34.2 Å². The molecule has 0 aliphatic carbocycles. The number of pyridine rings is 1. The van der Waals surface area contributed by atoms with Crippen LogP contribution in [0.2, 0.25) is 0 Å². The fraction of sp³-hybridized carbons (Fsp3) is 0.312. The standard InChI is InChI=1S/C16H20N2O/c1-4-16(17-2)13-7-5-6-12(8-13)14-9-15(19-3)11-18-10-14/h5-11,16-17H,4H2,1-3H3. The summed E-state index contributed by atoms with van der Waals surface area (Å²) in [6.45, 7) is 2.18. The van der Waals surface area contributed by atoms with Gasteiger partial charge in [0, 0.05) is 17.8 Å². The molecule has 3 heteroatoms. The van der Waals surface area contributed by atoms with Crippen LogP contribution in [-0.4, -0.2) is 19.1 Å². The van der Waals surface area contributed by atoms with E-state index < -0.39 is 0 Å². The van der Waals surface area contributed by atoms with Crippen molar-refractivity contribution in [1.29, 1.82) is 0 Å². The Hall–Kier alpha value is -1.87. The minimum absolute atomic E-state index is 0.388. The third kappa shape index (κ3) is 3.12. The van der Waals surface area contributed by atoms with E-state index in [1.165, 1.54) is 5.56 Å². The number of hydrogen-bond donors (Lipinski definition) is 1. The molecule has 0 aliphatic rings. The summed E-state index contributed by atoms with van der Waals surface area (Å²) in [6.07, 6.45) is 4.65. The van der Waals surface area contributed by atoms with Crippen molar-refractivity contribution in [1.82, 2.24) is 10.3 Å². The van der Waals surface area contributed by atoms with E-state index >= 15 is 0 Å². The Bertz CT molecular complexity index is 536. The molecule has 0 aliphatic heterocycles. The molecule has 0 saturated heterocycles. The molecule has 0 spiro atoms. The molecule has 1 aromatic heterocycles. The molecule has 0 radical (unpaired) electrons. The van der Waals surface area contributed by atoms with E-state index in [2.05, 4.69) is 41.5 Å². The van der Waals surface area contributed by atoms with Gasteiger partial charge in [0.25, 0.3) is 0 Å². The summed E-state index contributed by atoms with van der Waals surface area (Å²) in [7, 11) is 3.65. The molecule has 3 nitrogen and oxygen atoms in total. The molecule has 0 amide bonds. The lowest BCUT2D eigenvalue weighted by molar-refractivity contribution is 0.413. The van der Waals surface area contributed by atoms with Crippen LogP contribution in [0.4, 0.5) is 0 Å². The van der Waals surface area contributed by atoms with E-state index in [0.717, 1.165) is 23.3 Å². The molecule has 0 saturated carbocycles. The number of methoxy groups -OCH3 is 1. The largest absolute Gasteiger partial charge is 0.495 e. The van der Waals surface area contributed by atoms with Crippen LogP contribution in [0.1, 0.15) is 24.9 Å². The van der Waals surface area contributed by atoms with Crippen molar-refractivity contribution in [2.45, 2.75) is 19.4 Å². The SMILES string of the molecule is CCC(NC)c1cccc(-c2cncc(OC)c2)c1. The van der Waals surface area contributed by atoms with Crippen LogP contribution in [0.25, 0.3) is 11.1 Å². The Morgan fingerprint density at radius 3 is 2.74 bits per heavy atom. The summed E-state index contributed by atoms with van der Waals surface area (Å²) in [5, 5.41) is 3.33. The zero-order valence-electron chi connectivity index (χ0n) is 11.7. The second kappa shape index (κ2) is 6.34. The molecule has 2 rings (SSSR count). The maximum atomic E-state index is 5.22. The zero-order chi connectivity index (χ0) is 13.7. The number of ether oxygens (including phenoxy) is 1. The van der Waals surface area contributed by atoms with E-state index in [-0.39, 0.29) is 0 Å². The van der Waals surface area contributed by atoms with Crippen LogP contribution in [-0.2, 0) is 0 Å². The van der Waals surface area contributed by atoms with E-state index in [0.29, 0.717) is 6.04 Å². The minimum atomic E-state index is 0.388. The van der Waals surface area contributed by atoms with Crippen LogP contribution in [0.5, 0.6) is 5.75 Å². The van der Waals surface area contributed by atoms with E-state index in [4.69, 9.17) is 4.74 Å². The first-order valence-electron chi connectivity index (χ1n) is 6.55. The molecular weight excluding hydrogens is 236 g/mol. The molecular formula is C16H20N2O. The number of aromatic nitrogens is 1. The van der Waals surface area contributed by atoms with Crippen molar-refractivity contribution in [2.75, 3.05) is 14.2 Å². The summed E-state index contributed by atoms with van der Waals surface area (Å²) >= 11 is 0. The van der Waals surface area contributed by atoms with Crippen molar-refractivity contribution in [2.24, 2.45) is 0 Å². The molecule has 1 atom stereocenters. The Labute approximate surface area is 114 Å². The van der Waals surface area contributed by atoms with E-state index in [1.807, 2.05) is 19.3 Å². The lowest BCUT2D eigenvalue weighted by Gasteiger charge is -2.15. The first kappa shape index (κ1) is 13.6. The van der Waals surface area contributed by atoms with Crippen molar-refractivity contribution in [3.8, 4) is 16.9 Å². The molecule has 100 valence electrons. The van der Waals surface area contributed by atoms with Gasteiger partial charge < -0.3 is 10.1 Å². The van der Waals surface area contributed by atoms with Gasteiger partial charge in [0.2, 0.25) is 0 Å². The van der Waals surface area contributed by atoms with Crippen LogP contribution in [0.3, 0.4) is 0 Å². The first-order chi connectivity index (χ1) is 9.28. The lowest BCUT2D eigenvalue weighted by Crippen LogP contribution is -2.15. The smallest absolute Gasteiger partial charge is 0.137 e. The molecule has 1 heterocycles. The van der Waals surface area contributed by atoms with Crippen LogP contribution in [0.15, 0.2) is 42.7 Å². The quantitative estimate of drug-likeness (QED) is 0.890. The number of nitrogens with one attached hydrogen (secondary N) is 1. The zero-order valence-corrected chi connectivity index (χ0v) is 11.7. The molecule has 1 aromatic carbocycles. The van der Waals surface area contributed by atoms with E-state index in [1.54, 1.807) is 13.3 Å². The van der Waals surface area contributed by atoms with Crippen LogP contribution >= 0.6 is 0 Å². The summed E-state index contributed by atoms with van der Waals surface area (Å²) in [5.74, 6) is 0.781. The van der Waals surface area contributed by atoms with Crippen molar-refractivity contribution >= 4 is 0 Å². The third-order valence-corrected chi connectivity index (χ3v) is 3.33. The molecule has 0 bridgehead atoms.